The number of carbonyl (C=O) groups is 2. The molecule has 0 aliphatic rings. The smallest absolute Gasteiger partial charge is 0.332 e. The molecule has 0 aliphatic carbocycles. The molecule has 1 N–H and O–H groups in total. The number of rotatable bonds is 4. The van der Waals surface area contributed by atoms with Gasteiger partial charge in [-0.2, -0.15) is 13.2 Å². The highest BCUT2D eigenvalue weighted by molar-refractivity contribution is 7.20. The van der Waals surface area contributed by atoms with Crippen LogP contribution in [0.4, 0.5) is 19.0 Å². The summed E-state index contributed by atoms with van der Waals surface area (Å²) in [5.41, 5.74) is 0.443. The fourth-order valence-electron chi connectivity index (χ4n) is 2.71. The van der Waals surface area contributed by atoms with Crippen molar-refractivity contribution in [2.24, 2.45) is 0 Å². The molecule has 152 valence electrons. The SMILES string of the molecule is Cc1ccnc(NC(=O)CN(C)C(=O)c2sc3nc(C(F)(F)F)ccc3c2C)c1. The first-order valence-corrected chi connectivity index (χ1v) is 9.33. The largest absolute Gasteiger partial charge is 0.433 e. The van der Waals surface area contributed by atoms with Gasteiger partial charge in [-0.1, -0.05) is 0 Å². The second-order valence-electron chi connectivity index (χ2n) is 6.53. The lowest BCUT2D eigenvalue weighted by atomic mass is 10.1. The first-order chi connectivity index (χ1) is 13.6. The maximum absolute atomic E-state index is 12.9. The Morgan fingerprint density at radius 1 is 1.21 bits per heavy atom. The molecule has 0 unspecified atom stereocenters. The minimum atomic E-state index is -4.56. The van der Waals surface area contributed by atoms with E-state index in [1.54, 1.807) is 25.3 Å². The molecule has 29 heavy (non-hydrogen) atoms. The Labute approximate surface area is 168 Å². The van der Waals surface area contributed by atoms with E-state index in [0.717, 1.165) is 23.0 Å². The van der Waals surface area contributed by atoms with Crippen LogP contribution in [0.3, 0.4) is 0 Å². The third-order valence-corrected chi connectivity index (χ3v) is 5.39. The molecule has 2 amide bonds. The molecular weight excluding hydrogens is 405 g/mol. The first kappa shape index (κ1) is 20.7. The summed E-state index contributed by atoms with van der Waals surface area (Å²) in [6.07, 6.45) is -3.00. The van der Waals surface area contributed by atoms with Gasteiger partial charge in [0.2, 0.25) is 5.91 Å². The summed E-state index contributed by atoms with van der Waals surface area (Å²) < 4.78 is 38.6. The molecule has 0 spiro atoms. The number of thiophene rings is 1. The van der Waals surface area contributed by atoms with Crippen LogP contribution in [0.5, 0.6) is 0 Å². The minimum Gasteiger partial charge on any atom is -0.332 e. The lowest BCUT2D eigenvalue weighted by molar-refractivity contribution is -0.140. The van der Waals surface area contributed by atoms with Gasteiger partial charge in [-0.25, -0.2) is 9.97 Å². The quantitative estimate of drug-likeness (QED) is 0.689. The van der Waals surface area contributed by atoms with Gasteiger partial charge >= 0.3 is 6.18 Å². The van der Waals surface area contributed by atoms with Gasteiger partial charge in [0.25, 0.3) is 5.91 Å². The van der Waals surface area contributed by atoms with Gasteiger partial charge < -0.3 is 10.2 Å². The van der Waals surface area contributed by atoms with E-state index < -0.39 is 23.7 Å². The maximum Gasteiger partial charge on any atom is 0.433 e. The molecule has 3 aromatic rings. The Morgan fingerprint density at radius 3 is 2.59 bits per heavy atom. The number of fused-ring (bicyclic) bond motifs is 1. The number of aryl methyl sites for hydroxylation is 2. The fourth-order valence-corrected chi connectivity index (χ4v) is 3.88. The molecule has 3 rings (SSSR count). The molecule has 10 heteroatoms. The molecule has 0 aliphatic heterocycles. The van der Waals surface area contributed by atoms with E-state index in [1.165, 1.54) is 18.0 Å². The number of carbonyl (C=O) groups excluding carboxylic acids is 2. The molecular formula is C19H17F3N4O2S. The first-order valence-electron chi connectivity index (χ1n) is 8.51. The lowest BCUT2D eigenvalue weighted by Crippen LogP contribution is -2.35. The normalized spacial score (nSPS) is 11.5. The second-order valence-corrected chi connectivity index (χ2v) is 7.53. The van der Waals surface area contributed by atoms with Crippen LogP contribution in [0.15, 0.2) is 30.5 Å². The molecule has 3 aromatic heterocycles. The van der Waals surface area contributed by atoms with Gasteiger partial charge in [0.15, 0.2) is 0 Å². The molecule has 0 atom stereocenters. The number of halogens is 3. The maximum atomic E-state index is 12.9. The Hall–Kier alpha value is -3.01. The van der Waals surface area contributed by atoms with E-state index in [9.17, 15) is 22.8 Å². The Morgan fingerprint density at radius 2 is 1.93 bits per heavy atom. The van der Waals surface area contributed by atoms with Crippen LogP contribution in [0.25, 0.3) is 10.2 Å². The van der Waals surface area contributed by atoms with Crippen LogP contribution in [-0.4, -0.2) is 40.3 Å². The third kappa shape index (κ3) is 4.53. The summed E-state index contributed by atoms with van der Waals surface area (Å²) in [6, 6.07) is 5.68. The number of anilines is 1. The third-order valence-electron chi connectivity index (χ3n) is 4.20. The zero-order valence-electron chi connectivity index (χ0n) is 15.8. The van der Waals surface area contributed by atoms with E-state index in [4.69, 9.17) is 0 Å². The highest BCUT2D eigenvalue weighted by Crippen LogP contribution is 2.34. The zero-order valence-corrected chi connectivity index (χ0v) is 16.6. The van der Waals surface area contributed by atoms with Crippen molar-refractivity contribution in [3.05, 3.63) is 52.2 Å². The number of alkyl halides is 3. The van der Waals surface area contributed by atoms with Crippen molar-refractivity contribution in [1.29, 1.82) is 0 Å². The molecule has 6 nitrogen and oxygen atoms in total. The van der Waals surface area contributed by atoms with Crippen LogP contribution in [-0.2, 0) is 11.0 Å². The number of nitrogens with one attached hydrogen (secondary N) is 1. The molecule has 0 saturated heterocycles. The van der Waals surface area contributed by atoms with Gasteiger partial charge in [0.05, 0.1) is 11.4 Å². The zero-order chi connectivity index (χ0) is 21.3. The summed E-state index contributed by atoms with van der Waals surface area (Å²) in [6.45, 7) is 3.27. The van der Waals surface area contributed by atoms with Gasteiger partial charge in [0, 0.05) is 18.6 Å². The summed E-state index contributed by atoms with van der Waals surface area (Å²) >= 11 is 0.877. The molecule has 3 heterocycles. The van der Waals surface area contributed by atoms with E-state index in [2.05, 4.69) is 15.3 Å². The van der Waals surface area contributed by atoms with Crippen LogP contribution >= 0.6 is 11.3 Å². The van der Waals surface area contributed by atoms with E-state index in [-0.39, 0.29) is 16.3 Å². The molecule has 0 aromatic carbocycles. The predicted octanol–water partition coefficient (Wildman–Crippen LogP) is 4.04. The molecule has 0 saturated carbocycles. The van der Waals surface area contributed by atoms with E-state index in [0.29, 0.717) is 16.8 Å². The Kier molecular flexibility index (Phi) is 5.56. The second kappa shape index (κ2) is 7.78. The van der Waals surface area contributed by atoms with Gasteiger partial charge in [-0.3, -0.25) is 9.59 Å². The number of likely N-dealkylation sites (N-methyl/N-ethyl adjacent to an activating group) is 1. The Bertz CT molecular complexity index is 1090. The topological polar surface area (TPSA) is 75.2 Å². The van der Waals surface area contributed by atoms with Crippen molar-refractivity contribution in [1.82, 2.24) is 14.9 Å². The molecule has 0 radical (unpaired) electrons. The number of nitrogens with zero attached hydrogens (tertiary/aromatic N) is 3. The van der Waals surface area contributed by atoms with Crippen molar-refractivity contribution in [2.75, 3.05) is 18.9 Å². The van der Waals surface area contributed by atoms with Crippen LogP contribution in [0, 0.1) is 13.8 Å². The van der Waals surface area contributed by atoms with E-state index in [1.807, 2.05) is 6.92 Å². The number of aromatic nitrogens is 2. The monoisotopic (exact) mass is 422 g/mol. The van der Waals surface area contributed by atoms with Gasteiger partial charge in [-0.15, -0.1) is 11.3 Å². The van der Waals surface area contributed by atoms with Crippen LogP contribution < -0.4 is 5.32 Å². The number of pyridine rings is 2. The highest BCUT2D eigenvalue weighted by atomic mass is 32.1. The predicted molar refractivity (Wildman–Crippen MR) is 104 cm³/mol. The van der Waals surface area contributed by atoms with E-state index >= 15 is 0 Å². The van der Waals surface area contributed by atoms with Crippen molar-refractivity contribution < 1.29 is 22.8 Å². The Balaban J connectivity index is 1.77. The van der Waals surface area contributed by atoms with Crippen molar-refractivity contribution in [3.63, 3.8) is 0 Å². The number of hydrogen-bond donors (Lipinski definition) is 1. The number of amides is 2. The van der Waals surface area contributed by atoms with Crippen molar-refractivity contribution >= 4 is 39.2 Å². The van der Waals surface area contributed by atoms with Crippen molar-refractivity contribution in [3.8, 4) is 0 Å². The number of hydrogen-bond acceptors (Lipinski definition) is 5. The summed E-state index contributed by atoms with van der Waals surface area (Å²) in [4.78, 5) is 34.2. The van der Waals surface area contributed by atoms with Crippen molar-refractivity contribution in [2.45, 2.75) is 20.0 Å². The summed E-state index contributed by atoms with van der Waals surface area (Å²) in [5.74, 6) is -0.528. The fraction of sp³-hybridized carbons (Fsp3) is 0.263. The van der Waals surface area contributed by atoms with Crippen LogP contribution in [0.1, 0.15) is 26.5 Å². The summed E-state index contributed by atoms with van der Waals surface area (Å²) in [5, 5.41) is 3.09. The van der Waals surface area contributed by atoms with Gasteiger partial charge in [-0.05, 0) is 49.2 Å². The van der Waals surface area contributed by atoms with Gasteiger partial charge in [0.1, 0.15) is 16.3 Å². The average molecular weight is 422 g/mol. The average Bonchev–Trinajstić information content (AvgIpc) is 2.96. The standard InChI is InChI=1S/C19H17F3N4O2S/c1-10-6-7-23-14(8-10)25-15(27)9-26(3)18(28)16-11(2)12-4-5-13(19(20,21)22)24-17(12)29-16/h4-8H,9H2,1-3H3,(H,23,25,27). The minimum absolute atomic E-state index is 0.127. The van der Waals surface area contributed by atoms with Crippen LogP contribution in [0.2, 0.25) is 0 Å². The molecule has 0 fully saturated rings. The summed E-state index contributed by atoms with van der Waals surface area (Å²) in [7, 11) is 1.45. The molecule has 0 bridgehead atoms. The highest BCUT2D eigenvalue weighted by Gasteiger charge is 2.33. The lowest BCUT2D eigenvalue weighted by Gasteiger charge is -2.16.